The van der Waals surface area contributed by atoms with Crippen LogP contribution in [0.25, 0.3) is 22.3 Å². The average Bonchev–Trinajstić information content (AvgIpc) is 2.74. The van der Waals surface area contributed by atoms with Gasteiger partial charge in [0.25, 0.3) is 0 Å². The van der Waals surface area contributed by atoms with Crippen LogP contribution >= 0.6 is 0 Å². The van der Waals surface area contributed by atoms with Crippen molar-refractivity contribution < 1.29 is 62.0 Å². The number of halogens is 1. The van der Waals surface area contributed by atoms with Crippen LogP contribution in [0, 0.1) is 0 Å². The molecular formula is C21H21ClO10. The molecule has 172 valence electrons. The number of phenols is 3. The lowest BCUT2D eigenvalue weighted by atomic mass is 9.99. The summed E-state index contributed by atoms with van der Waals surface area (Å²) < 4.78 is 17.0. The van der Waals surface area contributed by atoms with Gasteiger partial charge < -0.3 is 57.6 Å². The van der Waals surface area contributed by atoms with Gasteiger partial charge in [0.1, 0.15) is 47.1 Å². The predicted molar refractivity (Wildman–Crippen MR) is 105 cm³/mol. The number of phenolic OH excluding ortho intramolecular Hbond substituents is 3. The third-order valence-electron chi connectivity index (χ3n) is 5.04. The number of ether oxygens (including phenoxy) is 2. The van der Waals surface area contributed by atoms with Crippen molar-refractivity contribution in [2.45, 2.75) is 30.7 Å². The molecule has 11 heteroatoms. The fraction of sp³-hybridized carbons (Fsp3) is 0.286. The van der Waals surface area contributed by atoms with Crippen molar-refractivity contribution in [3.05, 3.63) is 42.5 Å². The van der Waals surface area contributed by atoms with Crippen molar-refractivity contribution in [3.8, 4) is 34.3 Å². The van der Waals surface area contributed by atoms with Gasteiger partial charge >= 0.3 is 11.3 Å². The zero-order chi connectivity index (χ0) is 22.3. The summed E-state index contributed by atoms with van der Waals surface area (Å²) in [5.41, 5.74) is 0.573. The van der Waals surface area contributed by atoms with E-state index in [1.165, 1.54) is 36.4 Å². The molecule has 5 unspecified atom stereocenters. The molecular weight excluding hydrogens is 448 g/mol. The second-order valence-corrected chi connectivity index (χ2v) is 7.18. The van der Waals surface area contributed by atoms with Crippen LogP contribution in [0.2, 0.25) is 0 Å². The molecule has 0 bridgehead atoms. The van der Waals surface area contributed by atoms with Gasteiger partial charge in [0.15, 0.2) is 0 Å². The molecule has 1 aromatic heterocycles. The summed E-state index contributed by atoms with van der Waals surface area (Å²) >= 11 is 0. The Bertz CT molecular complexity index is 1090. The van der Waals surface area contributed by atoms with Crippen molar-refractivity contribution in [2.75, 3.05) is 6.61 Å². The van der Waals surface area contributed by atoms with E-state index in [4.69, 9.17) is 13.9 Å². The monoisotopic (exact) mass is 468 g/mol. The zero-order valence-electron chi connectivity index (χ0n) is 16.4. The van der Waals surface area contributed by atoms with Crippen LogP contribution in [0.4, 0.5) is 0 Å². The van der Waals surface area contributed by atoms with E-state index in [-0.39, 0.29) is 52.1 Å². The number of fused-ring (bicyclic) bond motifs is 1. The topological polar surface area (TPSA) is 171 Å². The van der Waals surface area contributed by atoms with Gasteiger partial charge in [-0.05, 0) is 24.3 Å². The lowest BCUT2D eigenvalue weighted by Gasteiger charge is -2.39. The summed E-state index contributed by atoms with van der Waals surface area (Å²) in [6, 6.07) is 9.66. The highest BCUT2D eigenvalue weighted by molar-refractivity contribution is 5.88. The fourth-order valence-electron chi connectivity index (χ4n) is 3.38. The molecule has 5 atom stereocenters. The molecule has 10 nitrogen and oxygen atoms in total. The van der Waals surface area contributed by atoms with E-state index in [0.29, 0.717) is 5.56 Å². The molecule has 0 amide bonds. The number of benzene rings is 2. The molecule has 3 aromatic rings. The number of aliphatic hydroxyl groups is 4. The molecule has 0 saturated carbocycles. The molecule has 0 radical (unpaired) electrons. The van der Waals surface area contributed by atoms with Crippen molar-refractivity contribution in [3.63, 3.8) is 0 Å². The Morgan fingerprint density at radius 2 is 1.56 bits per heavy atom. The SMILES string of the molecule is OCC1OC(Oc2cc3c(O)cc(O)cc3[o+]c2-c2ccc(O)cc2)C(O)C(O)C1O.[Cl-]. The van der Waals surface area contributed by atoms with Gasteiger partial charge in [-0.25, -0.2) is 4.42 Å². The second kappa shape index (κ2) is 9.33. The first-order valence-electron chi connectivity index (χ1n) is 9.38. The third kappa shape index (κ3) is 4.37. The predicted octanol–water partition coefficient (Wildman–Crippen LogP) is -2.32. The van der Waals surface area contributed by atoms with Crippen LogP contribution in [0.3, 0.4) is 0 Å². The van der Waals surface area contributed by atoms with Crippen LogP contribution in [0.15, 0.2) is 46.9 Å². The van der Waals surface area contributed by atoms with Crippen LogP contribution in [-0.4, -0.2) is 73.1 Å². The van der Waals surface area contributed by atoms with Crippen molar-refractivity contribution in [1.82, 2.24) is 0 Å². The molecule has 7 N–H and O–H groups in total. The highest BCUT2D eigenvalue weighted by Gasteiger charge is 2.45. The second-order valence-electron chi connectivity index (χ2n) is 7.18. The van der Waals surface area contributed by atoms with E-state index in [1.54, 1.807) is 0 Å². The first-order valence-corrected chi connectivity index (χ1v) is 9.38. The van der Waals surface area contributed by atoms with Crippen molar-refractivity contribution >= 4 is 11.0 Å². The molecule has 1 saturated heterocycles. The summed E-state index contributed by atoms with van der Waals surface area (Å²) in [6.07, 6.45) is -7.52. The Balaban J connectivity index is 0.00000289. The maximum Gasteiger partial charge on any atom is 0.402 e. The standard InChI is InChI=1S/C21H20O10.ClH/c22-8-16-17(26)18(27)19(28)21(31-16)30-15-7-12-13(25)5-11(24)6-14(12)29-20(15)9-1-3-10(23)4-2-9;/h1-7,16-19,21-22,26-28H,8H2,(H2-,23,24,25);1H. The average molecular weight is 469 g/mol. The van der Waals surface area contributed by atoms with E-state index < -0.39 is 37.3 Å². The maximum absolute atomic E-state index is 10.3. The van der Waals surface area contributed by atoms with Gasteiger partial charge in [-0.2, -0.15) is 0 Å². The number of hydrogen-bond donors (Lipinski definition) is 7. The van der Waals surface area contributed by atoms with E-state index in [1.807, 2.05) is 0 Å². The normalized spacial score (nSPS) is 25.3. The van der Waals surface area contributed by atoms with Gasteiger partial charge in [-0.3, -0.25) is 0 Å². The van der Waals surface area contributed by atoms with Gasteiger partial charge in [-0.15, -0.1) is 0 Å². The molecule has 1 fully saturated rings. The minimum Gasteiger partial charge on any atom is -1.00 e. The van der Waals surface area contributed by atoms with E-state index in [0.717, 1.165) is 6.07 Å². The molecule has 0 aliphatic carbocycles. The van der Waals surface area contributed by atoms with Gasteiger partial charge in [0, 0.05) is 12.1 Å². The highest BCUT2D eigenvalue weighted by Crippen LogP contribution is 2.40. The van der Waals surface area contributed by atoms with Gasteiger partial charge in [0.2, 0.25) is 12.0 Å². The minimum absolute atomic E-state index is 0. The number of aliphatic hydroxyl groups excluding tert-OH is 4. The lowest BCUT2D eigenvalue weighted by molar-refractivity contribution is -0.277. The summed E-state index contributed by atoms with van der Waals surface area (Å²) in [7, 11) is 0. The van der Waals surface area contributed by atoms with E-state index >= 15 is 0 Å². The summed E-state index contributed by atoms with van der Waals surface area (Å²) in [5, 5.41) is 69.4. The van der Waals surface area contributed by atoms with Crippen molar-refractivity contribution in [2.24, 2.45) is 0 Å². The van der Waals surface area contributed by atoms with Crippen LogP contribution in [0.5, 0.6) is 23.0 Å². The molecule has 1 aliphatic heterocycles. The molecule has 32 heavy (non-hydrogen) atoms. The fourth-order valence-corrected chi connectivity index (χ4v) is 3.38. The number of aromatic hydroxyl groups is 3. The number of hydrogen-bond acceptors (Lipinski definition) is 9. The number of rotatable bonds is 4. The summed E-state index contributed by atoms with van der Waals surface area (Å²) in [5.74, 6) is -0.420. The van der Waals surface area contributed by atoms with Gasteiger partial charge in [0.05, 0.1) is 18.2 Å². The van der Waals surface area contributed by atoms with Crippen LogP contribution in [-0.2, 0) is 4.74 Å². The first-order chi connectivity index (χ1) is 14.8. The molecule has 2 aromatic carbocycles. The molecule has 0 spiro atoms. The zero-order valence-corrected chi connectivity index (χ0v) is 17.1. The Labute approximate surface area is 187 Å². The minimum atomic E-state index is -1.66. The van der Waals surface area contributed by atoms with E-state index in [9.17, 15) is 35.7 Å². The van der Waals surface area contributed by atoms with Gasteiger partial charge in [-0.1, -0.05) is 0 Å². The van der Waals surface area contributed by atoms with Crippen LogP contribution in [0.1, 0.15) is 0 Å². The smallest absolute Gasteiger partial charge is 0.402 e. The maximum atomic E-state index is 10.3. The quantitative estimate of drug-likeness (QED) is 0.206. The van der Waals surface area contributed by atoms with E-state index in [2.05, 4.69) is 0 Å². The largest absolute Gasteiger partial charge is 1.00 e. The highest BCUT2D eigenvalue weighted by atomic mass is 35.5. The lowest BCUT2D eigenvalue weighted by Crippen LogP contribution is -3.00. The molecule has 4 rings (SSSR count). The first kappa shape index (κ1) is 23.8. The Morgan fingerprint density at radius 3 is 2.22 bits per heavy atom. The Hall–Kier alpha value is -2.86. The molecule has 2 heterocycles. The summed E-state index contributed by atoms with van der Waals surface area (Å²) in [6.45, 7) is -0.627. The Morgan fingerprint density at radius 1 is 0.875 bits per heavy atom. The third-order valence-corrected chi connectivity index (χ3v) is 5.04. The summed E-state index contributed by atoms with van der Waals surface area (Å²) in [4.78, 5) is 0. The van der Waals surface area contributed by atoms with Crippen LogP contribution < -0.4 is 17.1 Å². The van der Waals surface area contributed by atoms with Crippen molar-refractivity contribution in [1.29, 1.82) is 0 Å². The Kier molecular flexibility index (Phi) is 6.94. The molecule has 1 aliphatic rings.